The predicted octanol–water partition coefficient (Wildman–Crippen LogP) is 2.81. The highest BCUT2D eigenvalue weighted by atomic mass is 19.1. The van der Waals surface area contributed by atoms with E-state index in [1.807, 2.05) is 29.0 Å². The highest BCUT2D eigenvalue weighted by Crippen LogP contribution is 2.22. The van der Waals surface area contributed by atoms with Crippen LogP contribution in [0.25, 0.3) is 10.9 Å². The van der Waals surface area contributed by atoms with Crippen LogP contribution in [0.5, 0.6) is 5.75 Å². The van der Waals surface area contributed by atoms with E-state index in [0.717, 1.165) is 21.4 Å². The highest BCUT2D eigenvalue weighted by molar-refractivity contribution is 6.04. The molecular weight excluding hydrogens is 427 g/mol. The average molecular weight is 452 g/mol. The van der Waals surface area contributed by atoms with Crippen LogP contribution < -0.4 is 15.4 Å². The predicted molar refractivity (Wildman–Crippen MR) is 120 cm³/mol. The van der Waals surface area contributed by atoms with Crippen molar-refractivity contribution in [2.75, 3.05) is 13.7 Å². The summed E-state index contributed by atoms with van der Waals surface area (Å²) in [4.78, 5) is 38.4. The van der Waals surface area contributed by atoms with Gasteiger partial charge >= 0.3 is 6.03 Å². The number of nitrogens with one attached hydrogen (secondary N) is 2. The molecule has 33 heavy (non-hydrogen) atoms. The van der Waals surface area contributed by atoms with Crippen molar-refractivity contribution in [1.29, 1.82) is 0 Å². The number of fused-ring (bicyclic) bond motifs is 1. The third-order valence-electron chi connectivity index (χ3n) is 5.70. The number of carbonyl (C=O) groups is 3. The average Bonchev–Trinajstić information content (AvgIpc) is 3.33. The molecule has 0 aliphatic carbocycles. The number of ether oxygens (including phenoxy) is 1. The van der Waals surface area contributed by atoms with Crippen molar-refractivity contribution < 1.29 is 23.5 Å². The van der Waals surface area contributed by atoms with Gasteiger partial charge in [0, 0.05) is 31.3 Å². The normalized spacial score (nSPS) is 15.7. The summed E-state index contributed by atoms with van der Waals surface area (Å²) in [5.41, 5.74) is 1.48. The van der Waals surface area contributed by atoms with E-state index in [2.05, 4.69) is 10.6 Å². The smallest absolute Gasteiger partial charge is 0.325 e. The van der Waals surface area contributed by atoms with Crippen LogP contribution in [0.3, 0.4) is 0 Å². The molecule has 0 unspecified atom stereocenters. The fraction of sp³-hybridized carbons (Fsp3) is 0.292. The van der Waals surface area contributed by atoms with Gasteiger partial charge in [-0.2, -0.15) is 0 Å². The first kappa shape index (κ1) is 22.3. The fourth-order valence-electron chi connectivity index (χ4n) is 3.96. The van der Waals surface area contributed by atoms with Crippen molar-refractivity contribution in [3.05, 3.63) is 66.1 Å². The maximum absolute atomic E-state index is 13.5. The topological polar surface area (TPSA) is 92.7 Å². The van der Waals surface area contributed by atoms with E-state index in [1.54, 1.807) is 18.2 Å². The largest absolute Gasteiger partial charge is 0.496 e. The van der Waals surface area contributed by atoms with Gasteiger partial charge in [0.15, 0.2) is 0 Å². The first-order chi connectivity index (χ1) is 16.0. The molecule has 1 atom stereocenters. The fourth-order valence-corrected chi connectivity index (χ4v) is 3.96. The number of benzene rings is 2. The van der Waals surface area contributed by atoms with Crippen molar-refractivity contribution in [2.45, 2.75) is 32.0 Å². The van der Waals surface area contributed by atoms with Crippen LogP contribution in [-0.4, -0.2) is 47.0 Å². The Kier molecular flexibility index (Phi) is 6.58. The molecule has 1 aliphatic heterocycles. The van der Waals surface area contributed by atoms with E-state index < -0.39 is 12.1 Å². The summed E-state index contributed by atoms with van der Waals surface area (Å²) >= 11 is 0. The number of methoxy groups -OCH3 is 1. The zero-order chi connectivity index (χ0) is 23.4. The van der Waals surface area contributed by atoms with Crippen LogP contribution in [0.4, 0.5) is 9.18 Å². The minimum absolute atomic E-state index is 0.0975. The molecule has 172 valence electrons. The molecule has 0 spiro atoms. The van der Waals surface area contributed by atoms with Gasteiger partial charge in [-0.3, -0.25) is 14.5 Å². The van der Waals surface area contributed by atoms with Crippen molar-refractivity contribution in [3.63, 3.8) is 0 Å². The Labute approximate surface area is 190 Å². The third-order valence-corrected chi connectivity index (χ3v) is 5.70. The Morgan fingerprint density at radius 1 is 1.18 bits per heavy atom. The van der Waals surface area contributed by atoms with E-state index in [0.29, 0.717) is 18.8 Å². The molecule has 9 heteroatoms. The Hall–Kier alpha value is -3.88. The second-order valence-corrected chi connectivity index (χ2v) is 7.84. The summed E-state index contributed by atoms with van der Waals surface area (Å²) in [7, 11) is 1.53. The lowest BCUT2D eigenvalue weighted by molar-refractivity contribution is -0.128. The lowest BCUT2D eigenvalue weighted by Gasteiger charge is -2.15. The van der Waals surface area contributed by atoms with Gasteiger partial charge in [-0.25, -0.2) is 9.18 Å². The minimum atomic E-state index is -0.741. The molecule has 1 saturated heterocycles. The molecule has 1 fully saturated rings. The summed E-state index contributed by atoms with van der Waals surface area (Å²) in [6.45, 7) is 0.956. The molecule has 8 nitrogen and oxygen atoms in total. The molecule has 1 aromatic heterocycles. The lowest BCUT2D eigenvalue weighted by Crippen LogP contribution is -2.33. The second-order valence-electron chi connectivity index (χ2n) is 7.84. The first-order valence-electron chi connectivity index (χ1n) is 10.7. The second kappa shape index (κ2) is 9.72. The maximum Gasteiger partial charge on any atom is 0.325 e. The van der Waals surface area contributed by atoms with Crippen LogP contribution in [0, 0.1) is 5.82 Å². The number of hydrogen-bond acceptors (Lipinski definition) is 4. The molecule has 2 heterocycles. The van der Waals surface area contributed by atoms with Crippen molar-refractivity contribution in [1.82, 2.24) is 20.1 Å². The first-order valence-corrected chi connectivity index (χ1v) is 10.7. The van der Waals surface area contributed by atoms with Gasteiger partial charge < -0.3 is 19.9 Å². The quantitative estimate of drug-likeness (QED) is 0.489. The van der Waals surface area contributed by atoms with Gasteiger partial charge in [0.25, 0.3) is 5.91 Å². The summed E-state index contributed by atoms with van der Waals surface area (Å²) in [6, 6.07) is 12.4. The van der Waals surface area contributed by atoms with Crippen molar-refractivity contribution in [2.24, 2.45) is 0 Å². The van der Waals surface area contributed by atoms with Crippen molar-refractivity contribution in [3.8, 4) is 5.75 Å². The molecule has 3 aromatic rings. The number of para-hydroxylation sites is 1. The zero-order valence-corrected chi connectivity index (χ0v) is 18.2. The minimum Gasteiger partial charge on any atom is -0.496 e. The van der Waals surface area contributed by atoms with Gasteiger partial charge in [0.05, 0.1) is 19.2 Å². The van der Waals surface area contributed by atoms with Crippen LogP contribution in [0.2, 0.25) is 0 Å². The van der Waals surface area contributed by atoms with Gasteiger partial charge in [-0.1, -0.05) is 18.2 Å². The van der Waals surface area contributed by atoms with E-state index in [-0.39, 0.29) is 37.0 Å². The maximum atomic E-state index is 13.5. The Morgan fingerprint density at radius 2 is 2.00 bits per heavy atom. The van der Waals surface area contributed by atoms with Crippen LogP contribution in [-0.2, 0) is 22.7 Å². The number of hydrogen-bond donors (Lipinski definition) is 2. The molecule has 4 rings (SSSR count). The Bertz CT molecular complexity index is 1190. The standard InChI is InChI=1S/C24H25FN4O4/c1-33-21-5-3-2-4-17(21)15-29-23(31)19(27-24(29)32)8-9-22(30)26-11-13-28-12-10-16-6-7-18(25)14-20(16)28/h2-7,10,12,14,19H,8-9,11,13,15H2,1H3,(H,26,30)(H,27,32)/t19-/m1/s1. The van der Waals surface area contributed by atoms with Gasteiger partial charge in [0.1, 0.15) is 17.6 Å². The number of carbonyl (C=O) groups excluding carboxylic acids is 3. The summed E-state index contributed by atoms with van der Waals surface area (Å²) in [5.74, 6) is -0.295. The van der Waals surface area contributed by atoms with E-state index in [1.165, 1.54) is 19.2 Å². The molecule has 2 aromatic carbocycles. The van der Waals surface area contributed by atoms with Crippen molar-refractivity contribution >= 4 is 28.7 Å². The van der Waals surface area contributed by atoms with Crippen LogP contribution >= 0.6 is 0 Å². The van der Waals surface area contributed by atoms with E-state index in [4.69, 9.17) is 4.74 Å². The summed E-state index contributed by atoms with van der Waals surface area (Å²) < 4.78 is 20.6. The number of halogens is 1. The molecule has 4 amide bonds. The number of rotatable bonds is 9. The third kappa shape index (κ3) is 4.97. The molecule has 2 N–H and O–H groups in total. The lowest BCUT2D eigenvalue weighted by atomic mass is 10.1. The number of imide groups is 1. The van der Waals surface area contributed by atoms with Crippen LogP contribution in [0.15, 0.2) is 54.7 Å². The molecule has 0 bridgehead atoms. The molecular formula is C24H25FN4O4. The Morgan fingerprint density at radius 3 is 2.82 bits per heavy atom. The number of nitrogens with zero attached hydrogens (tertiary/aromatic N) is 2. The van der Waals surface area contributed by atoms with Gasteiger partial charge in [-0.05, 0) is 42.1 Å². The number of aromatic nitrogens is 1. The van der Waals surface area contributed by atoms with E-state index in [9.17, 15) is 18.8 Å². The summed E-state index contributed by atoms with van der Waals surface area (Å²) in [5, 5.41) is 6.38. The molecule has 0 saturated carbocycles. The van der Waals surface area contributed by atoms with Gasteiger partial charge in [-0.15, -0.1) is 0 Å². The molecule has 1 aliphatic rings. The monoisotopic (exact) mass is 452 g/mol. The highest BCUT2D eigenvalue weighted by Gasteiger charge is 2.38. The Balaban J connectivity index is 1.25. The zero-order valence-electron chi connectivity index (χ0n) is 18.2. The summed E-state index contributed by atoms with van der Waals surface area (Å²) in [6.07, 6.45) is 2.15. The van der Waals surface area contributed by atoms with E-state index >= 15 is 0 Å². The van der Waals surface area contributed by atoms with Gasteiger partial charge in [0.2, 0.25) is 5.91 Å². The SMILES string of the molecule is COc1ccccc1CN1C(=O)N[C@H](CCC(=O)NCCn2ccc3ccc(F)cc32)C1=O. The molecule has 0 radical (unpaired) electrons. The number of amides is 4. The van der Waals surface area contributed by atoms with Crippen LogP contribution in [0.1, 0.15) is 18.4 Å². The number of urea groups is 1.